The van der Waals surface area contributed by atoms with Crippen LogP contribution in [0, 0.1) is 0 Å². The van der Waals surface area contributed by atoms with Crippen LogP contribution in [0.25, 0.3) is 0 Å². The van der Waals surface area contributed by atoms with Gasteiger partial charge in [0.25, 0.3) is 0 Å². The zero-order valence-electron chi connectivity index (χ0n) is 18.7. The van der Waals surface area contributed by atoms with Crippen LogP contribution in [0.5, 0.6) is 5.75 Å². The van der Waals surface area contributed by atoms with Crippen molar-refractivity contribution < 1.29 is 22.7 Å². The number of carbonyl (C=O) groups is 1. The molecule has 0 spiro atoms. The van der Waals surface area contributed by atoms with Gasteiger partial charge in [-0.3, -0.25) is 9.69 Å². The first kappa shape index (κ1) is 23.9. The van der Waals surface area contributed by atoms with Crippen LogP contribution in [0.3, 0.4) is 0 Å². The second-order valence-corrected chi connectivity index (χ2v) is 8.47. The van der Waals surface area contributed by atoms with Crippen molar-refractivity contribution in [2.45, 2.75) is 45.0 Å². The number of rotatable bonds is 8. The lowest BCUT2D eigenvalue weighted by Crippen LogP contribution is -2.30. The summed E-state index contributed by atoms with van der Waals surface area (Å²) in [4.78, 5) is 15.1. The van der Waals surface area contributed by atoms with Crippen molar-refractivity contribution in [3.8, 4) is 5.75 Å². The van der Waals surface area contributed by atoms with Crippen LogP contribution >= 0.6 is 0 Å². The number of Topliss-reactive ketones (excluding diaryl/α,β-unsaturated/α-hetero) is 1. The number of halogens is 3. The minimum Gasteiger partial charge on any atom is -0.488 e. The van der Waals surface area contributed by atoms with Crippen LogP contribution in [-0.2, 0) is 25.7 Å². The van der Waals surface area contributed by atoms with Crippen molar-refractivity contribution in [2.75, 3.05) is 13.1 Å². The Bertz CT molecular complexity index is 1100. The Morgan fingerprint density at radius 3 is 2.41 bits per heavy atom. The molecule has 34 heavy (non-hydrogen) atoms. The molecule has 0 unspecified atom stereocenters. The summed E-state index contributed by atoms with van der Waals surface area (Å²) in [7, 11) is 0. The van der Waals surface area contributed by atoms with Crippen molar-refractivity contribution in [1.82, 2.24) is 15.1 Å². The minimum atomic E-state index is -4.59. The Kier molecular flexibility index (Phi) is 7.57. The summed E-state index contributed by atoms with van der Waals surface area (Å²) in [5.41, 5.74) is 0.681. The molecule has 0 saturated carbocycles. The molecular formula is C26H26F3N3O2. The molecule has 2 heterocycles. The summed E-state index contributed by atoms with van der Waals surface area (Å²) in [6, 6.07) is 13.3. The van der Waals surface area contributed by atoms with Crippen LogP contribution < -0.4 is 4.74 Å². The molecule has 4 rings (SSSR count). The summed E-state index contributed by atoms with van der Waals surface area (Å²) in [5, 5.41) is 7.43. The molecule has 3 aromatic rings. The van der Waals surface area contributed by atoms with E-state index < -0.39 is 17.5 Å². The van der Waals surface area contributed by atoms with Crippen LogP contribution in [0.1, 0.15) is 51.9 Å². The van der Waals surface area contributed by atoms with E-state index in [9.17, 15) is 18.0 Å². The number of carbonyl (C=O) groups excluding carboxylic acids is 1. The Labute approximate surface area is 196 Å². The van der Waals surface area contributed by atoms with Gasteiger partial charge in [0, 0.05) is 19.2 Å². The molecule has 1 saturated heterocycles. The van der Waals surface area contributed by atoms with Crippen LogP contribution in [0.15, 0.2) is 60.9 Å². The summed E-state index contributed by atoms with van der Waals surface area (Å²) < 4.78 is 48.1. The SMILES string of the molecule is O=C(Cc1ccnnc1)c1cc(C(F)(F)F)c(CN2CCCCC2)cc1OCc1ccccc1. The molecule has 1 aliphatic heterocycles. The van der Waals surface area contributed by atoms with E-state index in [-0.39, 0.29) is 36.4 Å². The summed E-state index contributed by atoms with van der Waals surface area (Å²) in [6.07, 6.45) is 1.21. The molecule has 0 atom stereocenters. The number of ether oxygens (including phenoxy) is 1. The maximum Gasteiger partial charge on any atom is 0.416 e. The number of alkyl halides is 3. The monoisotopic (exact) mass is 469 g/mol. The first-order valence-electron chi connectivity index (χ1n) is 11.3. The van der Waals surface area contributed by atoms with Crippen molar-refractivity contribution in [1.29, 1.82) is 0 Å². The molecule has 0 N–H and O–H groups in total. The lowest BCUT2D eigenvalue weighted by atomic mass is 9.96. The van der Waals surface area contributed by atoms with Crippen LogP contribution in [-0.4, -0.2) is 34.0 Å². The average molecular weight is 470 g/mol. The smallest absolute Gasteiger partial charge is 0.416 e. The number of piperidine rings is 1. The van der Waals surface area contributed by atoms with Crippen LogP contribution in [0.2, 0.25) is 0 Å². The predicted octanol–water partition coefficient (Wildman–Crippen LogP) is 5.49. The summed E-state index contributed by atoms with van der Waals surface area (Å²) in [5.74, 6) is -0.304. The fourth-order valence-corrected chi connectivity index (χ4v) is 4.15. The van der Waals surface area contributed by atoms with Gasteiger partial charge in [-0.25, -0.2) is 0 Å². The van der Waals surface area contributed by atoms with Crippen molar-refractivity contribution in [3.05, 3.63) is 88.7 Å². The fourth-order valence-electron chi connectivity index (χ4n) is 4.15. The number of nitrogens with zero attached hydrogens (tertiary/aromatic N) is 3. The summed E-state index contributed by atoms with van der Waals surface area (Å²) in [6.45, 7) is 1.83. The van der Waals surface area contributed by atoms with E-state index in [1.54, 1.807) is 6.07 Å². The van der Waals surface area contributed by atoms with Gasteiger partial charge in [0.15, 0.2) is 5.78 Å². The highest BCUT2D eigenvalue weighted by atomic mass is 19.4. The highest BCUT2D eigenvalue weighted by Crippen LogP contribution is 2.37. The molecule has 0 amide bonds. The quantitative estimate of drug-likeness (QED) is 0.409. The predicted molar refractivity (Wildman–Crippen MR) is 121 cm³/mol. The molecule has 178 valence electrons. The van der Waals surface area contributed by atoms with Crippen LogP contribution in [0.4, 0.5) is 13.2 Å². The normalized spacial score (nSPS) is 14.7. The molecular weight excluding hydrogens is 443 g/mol. The first-order chi connectivity index (χ1) is 16.4. The zero-order chi connectivity index (χ0) is 24.0. The number of hydrogen-bond acceptors (Lipinski definition) is 5. The third-order valence-electron chi connectivity index (χ3n) is 5.90. The third kappa shape index (κ3) is 6.20. The molecule has 0 bridgehead atoms. The first-order valence-corrected chi connectivity index (χ1v) is 11.3. The minimum absolute atomic E-state index is 0.0811. The maximum atomic E-state index is 14.1. The standard InChI is InChI=1S/C26H26F3N3O2/c27-26(28,29)23-15-22(24(33)13-20-9-10-30-31-16-20)25(34-18-19-7-3-1-4-8-19)14-21(23)17-32-11-5-2-6-12-32/h1,3-4,7-10,14-16H,2,5-6,11-13,17-18H2. The Balaban J connectivity index is 1.70. The van der Waals surface area contributed by atoms with E-state index in [1.807, 2.05) is 35.2 Å². The largest absolute Gasteiger partial charge is 0.488 e. The highest BCUT2D eigenvalue weighted by Gasteiger charge is 2.36. The van der Waals surface area contributed by atoms with E-state index >= 15 is 0 Å². The number of ketones is 1. The van der Waals surface area contributed by atoms with Gasteiger partial charge in [0.2, 0.25) is 0 Å². The molecule has 1 fully saturated rings. The van der Waals surface area contributed by atoms with Gasteiger partial charge < -0.3 is 4.74 Å². The van der Waals surface area contributed by atoms with Gasteiger partial charge >= 0.3 is 6.18 Å². The van der Waals surface area contributed by atoms with E-state index in [1.165, 1.54) is 18.5 Å². The number of likely N-dealkylation sites (tertiary alicyclic amines) is 1. The summed E-state index contributed by atoms with van der Waals surface area (Å²) >= 11 is 0. The van der Waals surface area contributed by atoms with Gasteiger partial charge in [0.05, 0.1) is 17.3 Å². The van der Waals surface area contributed by atoms with E-state index in [0.29, 0.717) is 5.56 Å². The lowest BCUT2D eigenvalue weighted by Gasteiger charge is -2.28. The van der Waals surface area contributed by atoms with E-state index in [0.717, 1.165) is 44.0 Å². The Hall–Kier alpha value is -3.26. The third-order valence-corrected chi connectivity index (χ3v) is 5.90. The van der Waals surface area contributed by atoms with Crippen molar-refractivity contribution in [2.24, 2.45) is 0 Å². The highest BCUT2D eigenvalue weighted by molar-refractivity contribution is 6.00. The van der Waals surface area contributed by atoms with Gasteiger partial charge in [-0.15, -0.1) is 0 Å². The fraction of sp³-hybridized carbons (Fsp3) is 0.346. The molecule has 2 aromatic carbocycles. The van der Waals surface area contributed by atoms with Crippen molar-refractivity contribution in [3.63, 3.8) is 0 Å². The van der Waals surface area contributed by atoms with Gasteiger partial charge in [-0.2, -0.15) is 23.4 Å². The lowest BCUT2D eigenvalue weighted by molar-refractivity contribution is -0.138. The van der Waals surface area contributed by atoms with Gasteiger partial charge in [0.1, 0.15) is 12.4 Å². The molecule has 8 heteroatoms. The second kappa shape index (κ2) is 10.8. The maximum absolute atomic E-state index is 14.1. The average Bonchev–Trinajstić information content (AvgIpc) is 2.84. The number of benzene rings is 2. The van der Waals surface area contributed by atoms with Crippen molar-refractivity contribution >= 4 is 5.78 Å². The number of aromatic nitrogens is 2. The number of hydrogen-bond donors (Lipinski definition) is 0. The van der Waals surface area contributed by atoms with Gasteiger partial charge in [-0.1, -0.05) is 36.8 Å². The molecule has 1 aromatic heterocycles. The molecule has 1 aliphatic rings. The second-order valence-electron chi connectivity index (χ2n) is 8.47. The Morgan fingerprint density at radius 2 is 1.74 bits per heavy atom. The zero-order valence-corrected chi connectivity index (χ0v) is 18.7. The molecule has 5 nitrogen and oxygen atoms in total. The van der Waals surface area contributed by atoms with E-state index in [4.69, 9.17) is 4.74 Å². The molecule has 0 radical (unpaired) electrons. The Morgan fingerprint density at radius 1 is 0.971 bits per heavy atom. The van der Waals surface area contributed by atoms with Gasteiger partial charge in [-0.05, 0) is 60.8 Å². The van der Waals surface area contributed by atoms with E-state index in [2.05, 4.69) is 10.2 Å². The molecule has 0 aliphatic carbocycles. The topological polar surface area (TPSA) is 55.3 Å².